The first-order valence-electron chi connectivity index (χ1n) is 6.11. The van der Waals surface area contributed by atoms with Crippen LogP contribution >= 0.6 is 0 Å². The molecule has 1 saturated carbocycles. The highest BCUT2D eigenvalue weighted by atomic mass is 16.4. The zero-order chi connectivity index (χ0) is 13.0. The standard InChI is InChI=1S/C12H22N2O3/c1-9-4-6-10(7-5-9)14(3)12(17)13(2)8-11(15)16/h9-10H,4-8H2,1-3H3,(H,15,16). The van der Waals surface area contributed by atoms with Crippen LogP contribution < -0.4 is 0 Å². The van der Waals surface area contributed by atoms with E-state index in [1.165, 1.54) is 11.9 Å². The van der Waals surface area contributed by atoms with E-state index in [4.69, 9.17) is 5.11 Å². The van der Waals surface area contributed by atoms with E-state index >= 15 is 0 Å². The van der Waals surface area contributed by atoms with Crippen molar-refractivity contribution in [3.05, 3.63) is 0 Å². The summed E-state index contributed by atoms with van der Waals surface area (Å²) >= 11 is 0. The van der Waals surface area contributed by atoms with Crippen LogP contribution in [0.3, 0.4) is 0 Å². The number of carboxylic acid groups (broad SMARTS) is 1. The first kappa shape index (κ1) is 13.8. The van der Waals surface area contributed by atoms with E-state index in [1.807, 2.05) is 0 Å². The van der Waals surface area contributed by atoms with Gasteiger partial charge < -0.3 is 14.9 Å². The second-order valence-electron chi connectivity index (χ2n) is 5.06. The zero-order valence-electron chi connectivity index (χ0n) is 10.8. The molecule has 1 N–H and O–H groups in total. The summed E-state index contributed by atoms with van der Waals surface area (Å²) in [5.41, 5.74) is 0. The van der Waals surface area contributed by atoms with E-state index < -0.39 is 5.97 Å². The van der Waals surface area contributed by atoms with Gasteiger partial charge in [0.2, 0.25) is 0 Å². The maximum atomic E-state index is 11.9. The molecule has 2 amide bonds. The molecule has 1 aliphatic carbocycles. The Labute approximate surface area is 102 Å². The van der Waals surface area contributed by atoms with Crippen molar-refractivity contribution in [2.24, 2.45) is 5.92 Å². The van der Waals surface area contributed by atoms with Crippen molar-refractivity contribution >= 4 is 12.0 Å². The van der Waals surface area contributed by atoms with Crippen LogP contribution in [0.2, 0.25) is 0 Å². The number of hydrogen-bond acceptors (Lipinski definition) is 2. The van der Waals surface area contributed by atoms with Gasteiger partial charge in [0.1, 0.15) is 6.54 Å². The molecule has 0 aromatic carbocycles. The first-order valence-corrected chi connectivity index (χ1v) is 6.11. The van der Waals surface area contributed by atoms with Crippen LogP contribution in [-0.2, 0) is 4.79 Å². The van der Waals surface area contributed by atoms with Crippen molar-refractivity contribution in [1.82, 2.24) is 9.80 Å². The molecule has 0 aromatic rings. The predicted octanol–water partition coefficient (Wildman–Crippen LogP) is 1.63. The number of hydrogen-bond donors (Lipinski definition) is 1. The Balaban J connectivity index is 2.48. The molecule has 5 nitrogen and oxygen atoms in total. The topological polar surface area (TPSA) is 60.9 Å². The van der Waals surface area contributed by atoms with E-state index in [2.05, 4.69) is 6.92 Å². The van der Waals surface area contributed by atoms with Crippen LogP contribution in [0.25, 0.3) is 0 Å². The summed E-state index contributed by atoms with van der Waals surface area (Å²) < 4.78 is 0. The SMILES string of the molecule is CC1CCC(N(C)C(=O)N(C)CC(=O)O)CC1. The fraction of sp³-hybridized carbons (Fsp3) is 0.833. The molecule has 5 heteroatoms. The summed E-state index contributed by atoms with van der Waals surface area (Å²) in [7, 11) is 3.29. The van der Waals surface area contributed by atoms with Crippen molar-refractivity contribution in [1.29, 1.82) is 0 Å². The number of aliphatic carboxylic acids is 1. The fourth-order valence-electron chi connectivity index (χ4n) is 2.33. The molecule has 0 bridgehead atoms. The summed E-state index contributed by atoms with van der Waals surface area (Å²) in [5.74, 6) is -0.238. The summed E-state index contributed by atoms with van der Waals surface area (Å²) in [5, 5.41) is 8.65. The van der Waals surface area contributed by atoms with Crippen LogP contribution in [0.5, 0.6) is 0 Å². The summed E-state index contributed by atoms with van der Waals surface area (Å²) in [6.07, 6.45) is 4.32. The fourth-order valence-corrected chi connectivity index (χ4v) is 2.33. The summed E-state index contributed by atoms with van der Waals surface area (Å²) in [6.45, 7) is 1.99. The largest absolute Gasteiger partial charge is 0.480 e. The second kappa shape index (κ2) is 5.89. The normalized spacial score (nSPS) is 24.2. The summed E-state index contributed by atoms with van der Waals surface area (Å²) in [4.78, 5) is 25.4. The monoisotopic (exact) mass is 242 g/mol. The average Bonchev–Trinajstić information content (AvgIpc) is 2.27. The molecule has 0 heterocycles. The Morgan fingerprint density at radius 3 is 2.18 bits per heavy atom. The molecule has 0 aromatic heterocycles. The van der Waals surface area contributed by atoms with Gasteiger partial charge in [0, 0.05) is 20.1 Å². The molecule has 1 fully saturated rings. The van der Waals surface area contributed by atoms with Gasteiger partial charge in [0.15, 0.2) is 0 Å². The number of carbonyl (C=O) groups is 2. The van der Waals surface area contributed by atoms with Gasteiger partial charge >= 0.3 is 12.0 Å². The van der Waals surface area contributed by atoms with E-state index in [-0.39, 0.29) is 18.6 Å². The molecule has 0 aliphatic heterocycles. The molecule has 0 atom stereocenters. The van der Waals surface area contributed by atoms with Crippen LogP contribution in [0.15, 0.2) is 0 Å². The lowest BCUT2D eigenvalue weighted by molar-refractivity contribution is -0.137. The Morgan fingerprint density at radius 2 is 1.71 bits per heavy atom. The quantitative estimate of drug-likeness (QED) is 0.818. The number of likely N-dealkylation sites (N-methyl/N-ethyl adjacent to an activating group) is 1. The van der Waals surface area contributed by atoms with Crippen molar-refractivity contribution in [2.45, 2.75) is 38.6 Å². The lowest BCUT2D eigenvalue weighted by Crippen LogP contribution is -2.47. The third-order valence-electron chi connectivity index (χ3n) is 3.53. The Bertz CT molecular complexity index is 285. The number of nitrogens with zero attached hydrogens (tertiary/aromatic N) is 2. The molecule has 98 valence electrons. The van der Waals surface area contributed by atoms with E-state index in [0.29, 0.717) is 0 Å². The lowest BCUT2D eigenvalue weighted by Gasteiger charge is -2.35. The highest BCUT2D eigenvalue weighted by Gasteiger charge is 2.26. The minimum atomic E-state index is -0.980. The molecular weight excluding hydrogens is 220 g/mol. The smallest absolute Gasteiger partial charge is 0.323 e. The van der Waals surface area contributed by atoms with Gasteiger partial charge in [-0.2, -0.15) is 0 Å². The van der Waals surface area contributed by atoms with Crippen molar-refractivity contribution in [2.75, 3.05) is 20.6 Å². The molecule has 17 heavy (non-hydrogen) atoms. The Hall–Kier alpha value is -1.26. The molecule has 1 rings (SSSR count). The van der Waals surface area contributed by atoms with Gasteiger partial charge in [-0.05, 0) is 31.6 Å². The highest BCUT2D eigenvalue weighted by Crippen LogP contribution is 2.26. The molecular formula is C12H22N2O3. The van der Waals surface area contributed by atoms with Crippen molar-refractivity contribution in [3.63, 3.8) is 0 Å². The third-order valence-corrected chi connectivity index (χ3v) is 3.53. The van der Waals surface area contributed by atoms with Gasteiger partial charge in [-0.3, -0.25) is 4.79 Å². The van der Waals surface area contributed by atoms with Gasteiger partial charge in [-0.1, -0.05) is 6.92 Å². The number of urea groups is 1. The third kappa shape index (κ3) is 3.91. The molecule has 0 spiro atoms. The van der Waals surface area contributed by atoms with Gasteiger partial charge in [0.05, 0.1) is 0 Å². The second-order valence-corrected chi connectivity index (χ2v) is 5.06. The van der Waals surface area contributed by atoms with E-state index in [9.17, 15) is 9.59 Å². The van der Waals surface area contributed by atoms with Gasteiger partial charge in [0.25, 0.3) is 0 Å². The van der Waals surface area contributed by atoms with Crippen LogP contribution in [0, 0.1) is 5.92 Å². The van der Waals surface area contributed by atoms with Crippen molar-refractivity contribution in [3.8, 4) is 0 Å². The van der Waals surface area contributed by atoms with E-state index in [0.717, 1.165) is 31.6 Å². The van der Waals surface area contributed by atoms with Gasteiger partial charge in [-0.25, -0.2) is 4.79 Å². The van der Waals surface area contributed by atoms with E-state index in [1.54, 1.807) is 11.9 Å². The average molecular weight is 242 g/mol. The lowest BCUT2D eigenvalue weighted by atomic mass is 9.87. The number of amides is 2. The van der Waals surface area contributed by atoms with Crippen LogP contribution in [0.4, 0.5) is 4.79 Å². The molecule has 0 unspecified atom stereocenters. The van der Waals surface area contributed by atoms with Gasteiger partial charge in [-0.15, -0.1) is 0 Å². The maximum Gasteiger partial charge on any atom is 0.323 e. The number of carbonyl (C=O) groups excluding carboxylic acids is 1. The summed E-state index contributed by atoms with van der Waals surface area (Å²) in [6, 6.07) is 0.0573. The van der Waals surface area contributed by atoms with Crippen LogP contribution in [-0.4, -0.2) is 53.6 Å². The van der Waals surface area contributed by atoms with Crippen molar-refractivity contribution < 1.29 is 14.7 Å². The molecule has 0 saturated heterocycles. The number of rotatable bonds is 3. The Morgan fingerprint density at radius 1 is 1.18 bits per heavy atom. The first-order chi connectivity index (χ1) is 7.91. The highest BCUT2D eigenvalue weighted by molar-refractivity contribution is 5.79. The molecule has 0 radical (unpaired) electrons. The Kier molecular flexibility index (Phi) is 4.78. The maximum absolute atomic E-state index is 11.9. The zero-order valence-corrected chi connectivity index (χ0v) is 10.8. The molecule has 1 aliphatic rings. The minimum Gasteiger partial charge on any atom is -0.480 e. The van der Waals surface area contributed by atoms with Crippen LogP contribution in [0.1, 0.15) is 32.6 Å². The number of carboxylic acids is 1. The minimum absolute atomic E-state index is 0.202. The predicted molar refractivity (Wildman–Crippen MR) is 64.8 cm³/mol.